The second kappa shape index (κ2) is 51.0. The number of hydrogen-bond acceptors (Lipinski definition) is 6. The van der Waals surface area contributed by atoms with E-state index in [1.54, 1.807) is 6.08 Å². The van der Waals surface area contributed by atoms with Crippen molar-refractivity contribution >= 4 is 17.9 Å². The molecule has 0 heterocycles. The Morgan fingerprint density at radius 2 is 0.667 bits per heavy atom. The second-order valence-electron chi connectivity index (χ2n) is 16.7. The molecule has 0 saturated heterocycles. The maximum absolute atomic E-state index is 12.7. The summed E-state index contributed by atoms with van der Waals surface area (Å²) in [5.41, 5.74) is 0. The molecule has 0 amide bonds. The maximum Gasteiger partial charge on any atom is 0.310 e. The molecule has 0 fully saturated rings. The second-order valence-corrected chi connectivity index (χ2v) is 16.7. The van der Waals surface area contributed by atoms with Crippen LogP contribution in [0.3, 0.4) is 0 Å². The summed E-state index contributed by atoms with van der Waals surface area (Å²) in [5.74, 6) is -1.06. The lowest BCUT2D eigenvalue weighted by atomic mass is 10.0. The molecule has 0 aromatic heterocycles. The predicted molar refractivity (Wildman–Crippen MR) is 270 cm³/mol. The molecule has 358 valence electrons. The van der Waals surface area contributed by atoms with E-state index in [-0.39, 0.29) is 31.6 Å². The van der Waals surface area contributed by atoms with Crippen LogP contribution < -0.4 is 0 Å². The van der Waals surface area contributed by atoms with E-state index in [1.807, 2.05) is 6.08 Å². The van der Waals surface area contributed by atoms with Crippen LogP contribution in [0.25, 0.3) is 0 Å². The lowest BCUT2D eigenvalue weighted by molar-refractivity contribution is -0.166. The summed E-state index contributed by atoms with van der Waals surface area (Å²) in [6, 6.07) is 0. The van der Waals surface area contributed by atoms with E-state index < -0.39 is 12.1 Å². The van der Waals surface area contributed by atoms with Crippen LogP contribution in [0.2, 0.25) is 0 Å². The minimum atomic E-state index is -0.834. The molecule has 63 heavy (non-hydrogen) atoms. The third-order valence-electron chi connectivity index (χ3n) is 10.6. The largest absolute Gasteiger partial charge is 0.462 e. The molecule has 0 aliphatic rings. The van der Waals surface area contributed by atoms with Crippen molar-refractivity contribution in [3.05, 3.63) is 97.2 Å². The maximum atomic E-state index is 12.7. The van der Waals surface area contributed by atoms with Crippen LogP contribution in [0, 0.1) is 0 Å². The molecular weight excluding hydrogens is 781 g/mol. The Balaban J connectivity index is 4.51. The number of rotatable bonds is 45. The van der Waals surface area contributed by atoms with Gasteiger partial charge in [-0.25, -0.2) is 0 Å². The summed E-state index contributed by atoms with van der Waals surface area (Å²) in [6.45, 7) is 6.31. The van der Waals surface area contributed by atoms with Gasteiger partial charge in [0.25, 0.3) is 0 Å². The molecule has 0 aliphatic heterocycles. The van der Waals surface area contributed by atoms with Crippen LogP contribution in [0.5, 0.6) is 0 Å². The van der Waals surface area contributed by atoms with Crippen molar-refractivity contribution in [2.45, 2.75) is 232 Å². The van der Waals surface area contributed by atoms with Crippen LogP contribution in [0.4, 0.5) is 0 Å². The molecule has 0 aromatic carbocycles. The standard InChI is InChI=1S/C57H94O6/c1-4-7-10-13-16-19-22-25-27-28-30-32-35-38-41-44-47-50-56(59)62-53-54(52-61-55(58)49-46-43-40-37-34-31-24-21-18-15-12-9-6-3)63-57(60)51-48-45-42-39-36-33-29-26-23-20-17-14-11-8-5-2/h7-8,10-11,16-17,19-20,25-27,29,36,39,45,48,54H,4-6,9,12-15,18,21-24,28,30-35,37-38,40-44,46-47,49-53H2,1-3H3/b10-7-,11-8-,19-16-,20-17-,27-25-,29-26-,39-36-,48-45-. The normalized spacial score (nSPS) is 12.9. The highest BCUT2D eigenvalue weighted by Crippen LogP contribution is 2.14. The van der Waals surface area contributed by atoms with Crippen molar-refractivity contribution in [1.29, 1.82) is 0 Å². The van der Waals surface area contributed by atoms with Crippen LogP contribution in [0.1, 0.15) is 226 Å². The molecule has 0 N–H and O–H groups in total. The first-order chi connectivity index (χ1) is 31.0. The summed E-state index contributed by atoms with van der Waals surface area (Å²) in [6.07, 6.45) is 67.0. The van der Waals surface area contributed by atoms with E-state index in [1.165, 1.54) is 89.9 Å². The van der Waals surface area contributed by atoms with Gasteiger partial charge in [0.2, 0.25) is 0 Å². The summed E-state index contributed by atoms with van der Waals surface area (Å²) in [5, 5.41) is 0. The van der Waals surface area contributed by atoms with Crippen LogP contribution in [0.15, 0.2) is 97.2 Å². The highest BCUT2D eigenvalue weighted by atomic mass is 16.6. The van der Waals surface area contributed by atoms with Gasteiger partial charge in [-0.05, 0) is 77.0 Å². The molecule has 0 rings (SSSR count). The molecule has 0 aromatic rings. The molecule has 1 unspecified atom stereocenters. The average Bonchev–Trinajstić information content (AvgIpc) is 3.28. The molecule has 0 aliphatic carbocycles. The molecule has 1 atom stereocenters. The lowest BCUT2D eigenvalue weighted by Gasteiger charge is -2.18. The van der Waals surface area contributed by atoms with E-state index in [9.17, 15) is 14.4 Å². The van der Waals surface area contributed by atoms with Gasteiger partial charge in [-0.1, -0.05) is 227 Å². The average molecular weight is 875 g/mol. The van der Waals surface area contributed by atoms with Crippen molar-refractivity contribution in [2.75, 3.05) is 13.2 Å². The molecule has 6 nitrogen and oxygen atoms in total. The van der Waals surface area contributed by atoms with Crippen LogP contribution in [-0.2, 0) is 28.6 Å². The van der Waals surface area contributed by atoms with Crippen molar-refractivity contribution in [2.24, 2.45) is 0 Å². The Labute approximate surface area is 387 Å². The Morgan fingerprint density at radius 1 is 0.349 bits per heavy atom. The fourth-order valence-electron chi connectivity index (χ4n) is 6.83. The topological polar surface area (TPSA) is 78.9 Å². The van der Waals surface area contributed by atoms with Gasteiger partial charge in [-0.15, -0.1) is 0 Å². The van der Waals surface area contributed by atoms with Gasteiger partial charge in [0.15, 0.2) is 6.10 Å². The number of carbonyl (C=O) groups is 3. The van der Waals surface area contributed by atoms with Crippen LogP contribution >= 0.6 is 0 Å². The lowest BCUT2D eigenvalue weighted by Crippen LogP contribution is -2.30. The molecule has 0 spiro atoms. The predicted octanol–water partition coefficient (Wildman–Crippen LogP) is 17.0. The van der Waals surface area contributed by atoms with E-state index in [0.717, 1.165) is 96.3 Å². The number of unbranched alkanes of at least 4 members (excludes halogenated alkanes) is 19. The van der Waals surface area contributed by atoms with Gasteiger partial charge in [-0.2, -0.15) is 0 Å². The van der Waals surface area contributed by atoms with Gasteiger partial charge in [-0.3, -0.25) is 14.4 Å². The van der Waals surface area contributed by atoms with Gasteiger partial charge in [0.05, 0.1) is 6.42 Å². The number of allylic oxidation sites excluding steroid dienone is 15. The zero-order valence-electron chi connectivity index (χ0n) is 40.8. The third kappa shape index (κ3) is 49.2. The first-order valence-corrected chi connectivity index (χ1v) is 25.7. The fourth-order valence-corrected chi connectivity index (χ4v) is 6.83. The molecule has 6 heteroatoms. The van der Waals surface area contributed by atoms with Crippen molar-refractivity contribution in [1.82, 2.24) is 0 Å². The number of hydrogen-bond donors (Lipinski definition) is 0. The molecular formula is C57H94O6. The minimum Gasteiger partial charge on any atom is -0.462 e. The fraction of sp³-hybridized carbons (Fsp3) is 0.667. The first-order valence-electron chi connectivity index (χ1n) is 25.7. The van der Waals surface area contributed by atoms with Gasteiger partial charge in [0, 0.05) is 12.8 Å². The summed E-state index contributed by atoms with van der Waals surface area (Å²) in [4.78, 5) is 37.9. The Hall–Kier alpha value is -3.67. The smallest absolute Gasteiger partial charge is 0.310 e. The highest BCUT2D eigenvalue weighted by Gasteiger charge is 2.19. The number of carbonyl (C=O) groups excluding carboxylic acids is 3. The van der Waals surface area contributed by atoms with Gasteiger partial charge < -0.3 is 14.2 Å². The summed E-state index contributed by atoms with van der Waals surface area (Å²) < 4.78 is 16.7. The third-order valence-corrected chi connectivity index (χ3v) is 10.6. The van der Waals surface area contributed by atoms with E-state index in [0.29, 0.717) is 12.8 Å². The summed E-state index contributed by atoms with van der Waals surface area (Å²) >= 11 is 0. The molecule has 0 radical (unpaired) electrons. The van der Waals surface area contributed by atoms with Crippen molar-refractivity contribution in [3.63, 3.8) is 0 Å². The van der Waals surface area contributed by atoms with Crippen LogP contribution in [-0.4, -0.2) is 37.2 Å². The van der Waals surface area contributed by atoms with Crippen molar-refractivity contribution in [3.8, 4) is 0 Å². The van der Waals surface area contributed by atoms with E-state index in [4.69, 9.17) is 14.2 Å². The zero-order chi connectivity index (χ0) is 45.8. The Morgan fingerprint density at radius 3 is 1.05 bits per heavy atom. The molecule has 0 saturated carbocycles. The van der Waals surface area contributed by atoms with Crippen molar-refractivity contribution < 1.29 is 28.6 Å². The van der Waals surface area contributed by atoms with E-state index >= 15 is 0 Å². The molecule has 0 bridgehead atoms. The van der Waals surface area contributed by atoms with E-state index in [2.05, 4.69) is 106 Å². The first kappa shape index (κ1) is 59.3. The van der Waals surface area contributed by atoms with Gasteiger partial charge in [0.1, 0.15) is 13.2 Å². The minimum absolute atomic E-state index is 0.0938. The summed E-state index contributed by atoms with van der Waals surface area (Å²) in [7, 11) is 0. The number of esters is 3. The van der Waals surface area contributed by atoms with Gasteiger partial charge >= 0.3 is 17.9 Å². The zero-order valence-corrected chi connectivity index (χ0v) is 40.8. The number of ether oxygens (including phenoxy) is 3. The quantitative estimate of drug-likeness (QED) is 0.0262. The highest BCUT2D eigenvalue weighted by molar-refractivity contribution is 5.72. The monoisotopic (exact) mass is 875 g/mol. The Bertz CT molecular complexity index is 1280. The SMILES string of the molecule is CC/C=C\C/C=C\C/C=C\C/C=C\C/C=C\CC(=O)OC(COC(=O)CCCCCCCCC/C=C\C/C=C\C/C=C\CC)COC(=O)CCCCCCCCCCCCCCC. The Kier molecular flexibility index (Phi) is 48.0.